The summed E-state index contributed by atoms with van der Waals surface area (Å²) in [5.74, 6) is 3.64. The summed E-state index contributed by atoms with van der Waals surface area (Å²) >= 11 is 5.34. The zero-order valence-corrected chi connectivity index (χ0v) is 12.2. The number of hydrogen-bond donors (Lipinski definition) is 1. The SMILES string of the molecule is CCCNc1nc(C2CSCCO2)ncc1Br. The minimum atomic E-state index is 0.0315. The normalized spacial score (nSPS) is 20.2. The second kappa shape index (κ2) is 6.56. The summed E-state index contributed by atoms with van der Waals surface area (Å²) in [6, 6.07) is 0. The molecule has 1 aliphatic heterocycles. The van der Waals surface area contributed by atoms with E-state index in [1.165, 1.54) is 0 Å². The van der Waals surface area contributed by atoms with Crippen LogP contribution in [0.1, 0.15) is 25.3 Å². The van der Waals surface area contributed by atoms with Crippen molar-refractivity contribution >= 4 is 33.5 Å². The van der Waals surface area contributed by atoms with Crippen LogP contribution in [0.4, 0.5) is 5.82 Å². The smallest absolute Gasteiger partial charge is 0.160 e. The molecule has 0 aromatic carbocycles. The van der Waals surface area contributed by atoms with E-state index >= 15 is 0 Å². The molecular weight excluding hydrogens is 302 g/mol. The van der Waals surface area contributed by atoms with Gasteiger partial charge in [-0.3, -0.25) is 0 Å². The molecule has 2 rings (SSSR count). The third-order valence-electron chi connectivity index (χ3n) is 2.41. The van der Waals surface area contributed by atoms with Crippen molar-refractivity contribution in [2.45, 2.75) is 19.4 Å². The van der Waals surface area contributed by atoms with Gasteiger partial charge < -0.3 is 10.1 Å². The maximum Gasteiger partial charge on any atom is 0.160 e. The molecule has 1 fully saturated rings. The number of halogens is 1. The van der Waals surface area contributed by atoms with E-state index in [1.54, 1.807) is 6.20 Å². The van der Waals surface area contributed by atoms with Crippen LogP contribution in [0.3, 0.4) is 0 Å². The van der Waals surface area contributed by atoms with Gasteiger partial charge in [-0.05, 0) is 22.4 Å². The average Bonchev–Trinajstić information content (AvgIpc) is 2.39. The molecule has 1 aromatic rings. The average molecular weight is 318 g/mol. The van der Waals surface area contributed by atoms with Crippen molar-refractivity contribution in [1.29, 1.82) is 0 Å². The lowest BCUT2D eigenvalue weighted by Gasteiger charge is -2.21. The van der Waals surface area contributed by atoms with Crippen LogP contribution in [0.25, 0.3) is 0 Å². The predicted octanol–water partition coefficient (Wildman–Crippen LogP) is 2.87. The molecule has 0 amide bonds. The van der Waals surface area contributed by atoms with Gasteiger partial charge in [0.1, 0.15) is 11.9 Å². The first-order valence-electron chi connectivity index (χ1n) is 5.77. The summed E-state index contributed by atoms with van der Waals surface area (Å²) in [5, 5.41) is 3.28. The number of hydrogen-bond acceptors (Lipinski definition) is 5. The van der Waals surface area contributed by atoms with Gasteiger partial charge in [-0.2, -0.15) is 11.8 Å². The van der Waals surface area contributed by atoms with Crippen LogP contribution in [0, 0.1) is 0 Å². The molecule has 1 saturated heterocycles. The van der Waals surface area contributed by atoms with Crippen molar-refractivity contribution in [2.75, 3.05) is 30.0 Å². The van der Waals surface area contributed by atoms with Crippen molar-refractivity contribution in [2.24, 2.45) is 0 Å². The van der Waals surface area contributed by atoms with Gasteiger partial charge in [-0.15, -0.1) is 0 Å². The minimum absolute atomic E-state index is 0.0315. The summed E-state index contributed by atoms with van der Waals surface area (Å²) in [7, 11) is 0. The molecule has 0 bridgehead atoms. The van der Waals surface area contributed by atoms with Gasteiger partial charge >= 0.3 is 0 Å². The van der Waals surface area contributed by atoms with E-state index in [0.717, 1.165) is 47.2 Å². The van der Waals surface area contributed by atoms with Crippen LogP contribution in [-0.4, -0.2) is 34.6 Å². The molecule has 1 aliphatic rings. The Hall–Kier alpha value is -0.330. The van der Waals surface area contributed by atoms with Crippen LogP contribution in [0.2, 0.25) is 0 Å². The molecule has 1 unspecified atom stereocenters. The van der Waals surface area contributed by atoms with E-state index in [9.17, 15) is 0 Å². The Kier molecular flexibility index (Phi) is 5.06. The second-order valence-electron chi connectivity index (χ2n) is 3.79. The highest BCUT2D eigenvalue weighted by atomic mass is 79.9. The van der Waals surface area contributed by atoms with Crippen LogP contribution < -0.4 is 5.32 Å². The van der Waals surface area contributed by atoms with E-state index in [-0.39, 0.29) is 6.10 Å². The van der Waals surface area contributed by atoms with Crippen LogP contribution in [0.15, 0.2) is 10.7 Å². The number of nitrogens with zero attached hydrogens (tertiary/aromatic N) is 2. The number of ether oxygens (including phenoxy) is 1. The first-order chi connectivity index (χ1) is 8.31. The maximum absolute atomic E-state index is 5.67. The Labute approximate surface area is 114 Å². The summed E-state index contributed by atoms with van der Waals surface area (Å²) in [6.07, 6.45) is 2.90. The fourth-order valence-electron chi connectivity index (χ4n) is 1.54. The summed E-state index contributed by atoms with van der Waals surface area (Å²) in [6.45, 7) is 3.83. The van der Waals surface area contributed by atoms with Crippen molar-refractivity contribution in [3.05, 3.63) is 16.5 Å². The van der Waals surface area contributed by atoms with Crippen LogP contribution in [0.5, 0.6) is 0 Å². The van der Waals surface area contributed by atoms with Gasteiger partial charge in [0.15, 0.2) is 5.82 Å². The number of thioether (sulfide) groups is 1. The summed E-state index contributed by atoms with van der Waals surface area (Å²) in [5.41, 5.74) is 0. The number of rotatable bonds is 4. The molecule has 1 atom stereocenters. The summed E-state index contributed by atoms with van der Waals surface area (Å²) < 4.78 is 6.58. The Bertz CT molecular complexity index is 372. The highest BCUT2D eigenvalue weighted by Gasteiger charge is 2.20. The van der Waals surface area contributed by atoms with Gasteiger partial charge in [-0.1, -0.05) is 6.92 Å². The molecule has 94 valence electrons. The first kappa shape index (κ1) is 13.1. The van der Waals surface area contributed by atoms with Gasteiger partial charge in [-0.25, -0.2) is 9.97 Å². The van der Waals surface area contributed by atoms with Gasteiger partial charge in [0, 0.05) is 24.2 Å². The molecule has 0 spiro atoms. The second-order valence-corrected chi connectivity index (χ2v) is 5.79. The van der Waals surface area contributed by atoms with Gasteiger partial charge in [0.25, 0.3) is 0 Å². The molecule has 4 nitrogen and oxygen atoms in total. The highest BCUT2D eigenvalue weighted by molar-refractivity contribution is 9.10. The molecule has 0 saturated carbocycles. The molecule has 1 N–H and O–H groups in total. The molecule has 1 aromatic heterocycles. The molecule has 17 heavy (non-hydrogen) atoms. The Morgan fingerprint density at radius 1 is 1.65 bits per heavy atom. The third kappa shape index (κ3) is 3.56. The molecule has 0 radical (unpaired) electrons. The number of anilines is 1. The third-order valence-corrected chi connectivity index (χ3v) is 3.98. The lowest BCUT2D eigenvalue weighted by molar-refractivity contribution is 0.0695. The fraction of sp³-hybridized carbons (Fsp3) is 0.636. The molecule has 2 heterocycles. The Morgan fingerprint density at radius 2 is 2.53 bits per heavy atom. The van der Waals surface area contributed by atoms with E-state index < -0.39 is 0 Å². The zero-order valence-electron chi connectivity index (χ0n) is 9.78. The largest absolute Gasteiger partial charge is 0.369 e. The van der Waals surface area contributed by atoms with E-state index in [2.05, 4.69) is 38.1 Å². The first-order valence-corrected chi connectivity index (χ1v) is 7.71. The molecule has 6 heteroatoms. The van der Waals surface area contributed by atoms with Gasteiger partial charge in [0.05, 0.1) is 11.1 Å². The minimum Gasteiger partial charge on any atom is -0.369 e. The topological polar surface area (TPSA) is 47.0 Å². The highest BCUT2D eigenvalue weighted by Crippen LogP contribution is 2.27. The quantitative estimate of drug-likeness (QED) is 0.925. The van der Waals surface area contributed by atoms with Crippen molar-refractivity contribution in [3.8, 4) is 0 Å². The Balaban J connectivity index is 2.11. The van der Waals surface area contributed by atoms with E-state index in [4.69, 9.17) is 4.74 Å². The number of aromatic nitrogens is 2. The molecule has 0 aliphatic carbocycles. The lowest BCUT2D eigenvalue weighted by Crippen LogP contribution is -2.18. The summed E-state index contributed by atoms with van der Waals surface area (Å²) in [4.78, 5) is 8.86. The van der Waals surface area contributed by atoms with Gasteiger partial charge in [0.2, 0.25) is 0 Å². The van der Waals surface area contributed by atoms with Crippen LogP contribution in [-0.2, 0) is 4.74 Å². The molecular formula is C11H16BrN3OS. The number of nitrogens with one attached hydrogen (secondary N) is 1. The lowest BCUT2D eigenvalue weighted by atomic mass is 10.3. The van der Waals surface area contributed by atoms with E-state index in [1.807, 2.05) is 11.8 Å². The standard InChI is InChI=1S/C11H16BrN3OS/c1-2-3-13-10-8(12)6-14-11(15-10)9-7-17-5-4-16-9/h6,9H,2-5,7H2,1H3,(H,13,14,15). The maximum atomic E-state index is 5.67. The van der Waals surface area contributed by atoms with Crippen molar-refractivity contribution in [1.82, 2.24) is 9.97 Å². The Morgan fingerprint density at radius 3 is 3.24 bits per heavy atom. The fourth-order valence-corrected chi connectivity index (χ4v) is 2.71. The predicted molar refractivity (Wildman–Crippen MR) is 74.5 cm³/mol. The van der Waals surface area contributed by atoms with E-state index in [0.29, 0.717) is 0 Å². The monoisotopic (exact) mass is 317 g/mol. The van der Waals surface area contributed by atoms with Crippen LogP contribution >= 0.6 is 27.7 Å². The zero-order chi connectivity index (χ0) is 12.1. The van der Waals surface area contributed by atoms with Crippen molar-refractivity contribution < 1.29 is 4.74 Å². The van der Waals surface area contributed by atoms with Crippen molar-refractivity contribution in [3.63, 3.8) is 0 Å².